The standard InChI is InChI=1S/C20H22N2O5/c1-3-26-17-11-9-15(10-12-17)20(25)21-13-19(24)27-14-18(23)22(2)16-7-5-4-6-8-16/h4-12H,3,13-14H2,1-2H3,(H,21,25). The molecular formula is C20H22N2O5. The van der Waals surface area contributed by atoms with Gasteiger partial charge >= 0.3 is 5.97 Å². The van der Waals surface area contributed by atoms with Crippen molar-refractivity contribution in [2.75, 3.05) is 31.7 Å². The monoisotopic (exact) mass is 370 g/mol. The third-order valence-electron chi connectivity index (χ3n) is 3.70. The molecule has 0 unspecified atom stereocenters. The number of ether oxygens (including phenoxy) is 2. The number of hydrogen-bond acceptors (Lipinski definition) is 5. The van der Waals surface area contributed by atoms with E-state index in [9.17, 15) is 14.4 Å². The summed E-state index contributed by atoms with van der Waals surface area (Å²) in [7, 11) is 1.60. The van der Waals surface area contributed by atoms with Crippen LogP contribution in [0.25, 0.3) is 0 Å². The van der Waals surface area contributed by atoms with Crippen molar-refractivity contribution in [1.82, 2.24) is 5.32 Å². The molecule has 0 atom stereocenters. The molecule has 0 aromatic heterocycles. The number of para-hydroxylation sites is 1. The third-order valence-corrected chi connectivity index (χ3v) is 3.70. The summed E-state index contributed by atoms with van der Waals surface area (Å²) in [5.74, 6) is -0.811. The Balaban J connectivity index is 1.75. The van der Waals surface area contributed by atoms with Crippen LogP contribution in [-0.4, -0.2) is 44.6 Å². The average Bonchev–Trinajstić information content (AvgIpc) is 2.71. The number of nitrogens with one attached hydrogen (secondary N) is 1. The van der Waals surface area contributed by atoms with E-state index in [1.807, 2.05) is 25.1 Å². The zero-order valence-corrected chi connectivity index (χ0v) is 15.3. The summed E-state index contributed by atoms with van der Waals surface area (Å²) in [5, 5.41) is 2.46. The van der Waals surface area contributed by atoms with Gasteiger partial charge in [0.15, 0.2) is 6.61 Å². The normalized spacial score (nSPS) is 10.0. The number of carbonyl (C=O) groups excluding carboxylic acids is 3. The summed E-state index contributed by atoms with van der Waals surface area (Å²) < 4.78 is 10.2. The van der Waals surface area contributed by atoms with Gasteiger partial charge in [-0.25, -0.2) is 0 Å². The van der Waals surface area contributed by atoms with Gasteiger partial charge in [-0.3, -0.25) is 14.4 Å². The minimum Gasteiger partial charge on any atom is -0.494 e. The van der Waals surface area contributed by atoms with Gasteiger partial charge in [-0.05, 0) is 43.3 Å². The van der Waals surface area contributed by atoms with E-state index < -0.39 is 18.5 Å². The van der Waals surface area contributed by atoms with Crippen molar-refractivity contribution in [2.45, 2.75) is 6.92 Å². The van der Waals surface area contributed by atoms with Crippen molar-refractivity contribution in [3.63, 3.8) is 0 Å². The Morgan fingerprint density at radius 3 is 2.30 bits per heavy atom. The molecule has 0 spiro atoms. The number of rotatable bonds is 8. The Hall–Kier alpha value is -3.35. The van der Waals surface area contributed by atoms with Crippen LogP contribution in [-0.2, 0) is 14.3 Å². The quantitative estimate of drug-likeness (QED) is 0.719. The van der Waals surface area contributed by atoms with Crippen LogP contribution in [0.15, 0.2) is 54.6 Å². The fourth-order valence-electron chi connectivity index (χ4n) is 2.21. The lowest BCUT2D eigenvalue weighted by Gasteiger charge is -2.17. The van der Waals surface area contributed by atoms with E-state index in [0.717, 1.165) is 0 Å². The summed E-state index contributed by atoms with van der Waals surface area (Å²) in [4.78, 5) is 37.2. The lowest BCUT2D eigenvalue weighted by molar-refractivity contribution is -0.146. The number of anilines is 1. The van der Waals surface area contributed by atoms with Crippen molar-refractivity contribution < 1.29 is 23.9 Å². The fourth-order valence-corrected chi connectivity index (χ4v) is 2.21. The lowest BCUT2D eigenvalue weighted by Crippen LogP contribution is -2.34. The first-order valence-electron chi connectivity index (χ1n) is 8.49. The molecule has 0 aliphatic rings. The van der Waals surface area contributed by atoms with Crippen molar-refractivity contribution >= 4 is 23.5 Å². The Morgan fingerprint density at radius 1 is 1.00 bits per heavy atom. The van der Waals surface area contributed by atoms with Crippen LogP contribution in [0.2, 0.25) is 0 Å². The largest absolute Gasteiger partial charge is 0.494 e. The second kappa shape index (κ2) is 9.96. The van der Waals surface area contributed by atoms with Gasteiger partial charge in [0.05, 0.1) is 6.61 Å². The van der Waals surface area contributed by atoms with Crippen molar-refractivity contribution in [2.24, 2.45) is 0 Å². The van der Waals surface area contributed by atoms with E-state index in [-0.39, 0.29) is 12.5 Å². The molecule has 142 valence electrons. The molecule has 0 radical (unpaired) electrons. The maximum atomic E-state index is 12.0. The maximum Gasteiger partial charge on any atom is 0.325 e. The van der Waals surface area contributed by atoms with Gasteiger partial charge in [0.1, 0.15) is 12.3 Å². The molecule has 0 saturated carbocycles. The van der Waals surface area contributed by atoms with Gasteiger partial charge < -0.3 is 19.7 Å². The molecule has 1 N–H and O–H groups in total. The SMILES string of the molecule is CCOc1ccc(C(=O)NCC(=O)OCC(=O)N(C)c2ccccc2)cc1. The molecule has 2 aromatic carbocycles. The number of amides is 2. The number of likely N-dealkylation sites (N-methyl/N-ethyl adjacent to an activating group) is 1. The number of esters is 1. The number of nitrogens with zero attached hydrogens (tertiary/aromatic N) is 1. The van der Waals surface area contributed by atoms with Gasteiger partial charge in [-0.1, -0.05) is 18.2 Å². The molecule has 0 saturated heterocycles. The summed E-state index contributed by atoms with van der Waals surface area (Å²) in [6, 6.07) is 15.6. The highest BCUT2D eigenvalue weighted by molar-refractivity contribution is 5.97. The molecule has 7 heteroatoms. The summed E-state index contributed by atoms with van der Waals surface area (Å²) in [6.45, 7) is 1.68. The van der Waals surface area contributed by atoms with E-state index in [4.69, 9.17) is 9.47 Å². The molecule has 0 aliphatic heterocycles. The Kier molecular flexibility index (Phi) is 7.37. The van der Waals surface area contributed by atoms with Crippen LogP contribution in [0, 0.1) is 0 Å². The van der Waals surface area contributed by atoms with E-state index >= 15 is 0 Å². The smallest absolute Gasteiger partial charge is 0.325 e. The van der Waals surface area contributed by atoms with E-state index in [0.29, 0.717) is 23.6 Å². The first-order chi connectivity index (χ1) is 13.0. The lowest BCUT2D eigenvalue weighted by atomic mass is 10.2. The van der Waals surface area contributed by atoms with Gasteiger partial charge in [0, 0.05) is 18.3 Å². The average molecular weight is 370 g/mol. The fraction of sp³-hybridized carbons (Fsp3) is 0.250. The third kappa shape index (κ3) is 6.14. The molecule has 0 bridgehead atoms. The second-order valence-corrected chi connectivity index (χ2v) is 5.59. The minimum absolute atomic E-state index is 0.325. The Morgan fingerprint density at radius 2 is 1.67 bits per heavy atom. The Bertz CT molecular complexity index is 775. The first kappa shape index (κ1) is 20.0. The van der Waals surface area contributed by atoms with Gasteiger partial charge in [0.25, 0.3) is 11.8 Å². The summed E-state index contributed by atoms with van der Waals surface area (Å²) in [5.41, 5.74) is 1.09. The minimum atomic E-state index is -0.691. The van der Waals surface area contributed by atoms with E-state index in [2.05, 4.69) is 5.32 Å². The van der Waals surface area contributed by atoms with Crippen LogP contribution >= 0.6 is 0 Å². The van der Waals surface area contributed by atoms with Gasteiger partial charge in [-0.15, -0.1) is 0 Å². The molecule has 2 amide bonds. The first-order valence-corrected chi connectivity index (χ1v) is 8.49. The molecule has 2 aromatic rings. The number of carbonyl (C=O) groups is 3. The van der Waals surface area contributed by atoms with Crippen LogP contribution < -0.4 is 15.0 Å². The highest BCUT2D eigenvalue weighted by atomic mass is 16.5. The van der Waals surface area contributed by atoms with Crippen LogP contribution in [0.5, 0.6) is 5.75 Å². The molecule has 0 fully saturated rings. The molecule has 0 heterocycles. The van der Waals surface area contributed by atoms with E-state index in [1.54, 1.807) is 43.4 Å². The maximum absolute atomic E-state index is 12.0. The van der Waals surface area contributed by atoms with Crippen LogP contribution in [0.1, 0.15) is 17.3 Å². The molecular weight excluding hydrogens is 348 g/mol. The van der Waals surface area contributed by atoms with Crippen molar-refractivity contribution in [3.8, 4) is 5.75 Å². The van der Waals surface area contributed by atoms with E-state index in [1.165, 1.54) is 4.90 Å². The van der Waals surface area contributed by atoms with Crippen LogP contribution in [0.4, 0.5) is 5.69 Å². The zero-order valence-electron chi connectivity index (χ0n) is 15.3. The topological polar surface area (TPSA) is 84.9 Å². The van der Waals surface area contributed by atoms with Gasteiger partial charge in [0.2, 0.25) is 0 Å². The second-order valence-electron chi connectivity index (χ2n) is 5.59. The van der Waals surface area contributed by atoms with Gasteiger partial charge in [-0.2, -0.15) is 0 Å². The van der Waals surface area contributed by atoms with Crippen molar-refractivity contribution in [1.29, 1.82) is 0 Å². The molecule has 27 heavy (non-hydrogen) atoms. The highest BCUT2D eigenvalue weighted by Crippen LogP contribution is 2.12. The summed E-state index contributed by atoms with van der Waals surface area (Å²) in [6.07, 6.45) is 0. The Labute approximate surface area is 157 Å². The number of benzene rings is 2. The molecule has 2 rings (SSSR count). The highest BCUT2D eigenvalue weighted by Gasteiger charge is 2.14. The molecule has 0 aliphatic carbocycles. The summed E-state index contributed by atoms with van der Waals surface area (Å²) >= 11 is 0. The zero-order chi connectivity index (χ0) is 19.6. The predicted octanol–water partition coefficient (Wildman–Crippen LogP) is 2.02. The molecule has 7 nitrogen and oxygen atoms in total. The number of hydrogen-bond donors (Lipinski definition) is 1. The van der Waals surface area contributed by atoms with Crippen LogP contribution in [0.3, 0.4) is 0 Å². The predicted molar refractivity (Wildman–Crippen MR) is 101 cm³/mol. The van der Waals surface area contributed by atoms with Crippen molar-refractivity contribution in [3.05, 3.63) is 60.2 Å².